The molecule has 1 fully saturated rings. The fourth-order valence-corrected chi connectivity index (χ4v) is 4.69. The summed E-state index contributed by atoms with van der Waals surface area (Å²) in [5, 5.41) is 8.27. The van der Waals surface area contributed by atoms with Crippen molar-refractivity contribution in [1.29, 1.82) is 0 Å². The zero-order valence-corrected chi connectivity index (χ0v) is 14.2. The number of aliphatic carboxylic acids is 1. The Bertz CT molecular complexity index is 683. The first-order valence-corrected chi connectivity index (χ1v) is 9.49. The molecule has 1 aromatic carbocycles. The Labute approximate surface area is 144 Å². The lowest BCUT2D eigenvalue weighted by atomic mass is 9.88. The molecule has 0 heterocycles. The lowest BCUT2D eigenvalue weighted by molar-refractivity contribution is -0.181. The summed E-state index contributed by atoms with van der Waals surface area (Å²) < 4.78 is 65.0. The molecule has 0 unspecified atom stereocenters. The number of halogens is 3. The van der Waals surface area contributed by atoms with Crippen LogP contribution in [0.25, 0.3) is 0 Å². The van der Waals surface area contributed by atoms with Crippen LogP contribution < -0.4 is 4.72 Å². The molecule has 1 saturated carbocycles. The fourth-order valence-electron chi connectivity index (χ4n) is 3.02. The molecule has 2 rings (SSSR count). The van der Waals surface area contributed by atoms with Gasteiger partial charge in [-0.1, -0.05) is 30.3 Å². The highest BCUT2D eigenvalue weighted by Gasteiger charge is 2.44. The largest absolute Gasteiger partial charge is 0.480 e. The van der Waals surface area contributed by atoms with Crippen molar-refractivity contribution in [3.63, 3.8) is 0 Å². The van der Waals surface area contributed by atoms with Gasteiger partial charge >= 0.3 is 12.1 Å². The van der Waals surface area contributed by atoms with Crippen molar-refractivity contribution < 1.29 is 31.5 Å². The summed E-state index contributed by atoms with van der Waals surface area (Å²) in [4.78, 5) is 11.4. The van der Waals surface area contributed by atoms with Crippen molar-refractivity contribution >= 4 is 16.0 Å². The van der Waals surface area contributed by atoms with Crippen LogP contribution in [0.15, 0.2) is 30.3 Å². The molecule has 0 aliphatic heterocycles. The first-order chi connectivity index (χ1) is 11.6. The summed E-state index contributed by atoms with van der Waals surface area (Å²) in [5.41, 5.74) is 0.651. The Morgan fingerprint density at radius 3 is 2.20 bits per heavy atom. The molecule has 1 aliphatic carbocycles. The first kappa shape index (κ1) is 19.7. The van der Waals surface area contributed by atoms with Crippen molar-refractivity contribution in [2.75, 3.05) is 0 Å². The second-order valence-corrected chi connectivity index (χ2v) is 8.25. The van der Waals surface area contributed by atoms with E-state index >= 15 is 0 Å². The van der Waals surface area contributed by atoms with Gasteiger partial charge < -0.3 is 5.11 Å². The molecule has 5 nitrogen and oxygen atoms in total. The van der Waals surface area contributed by atoms with Crippen LogP contribution in [0.2, 0.25) is 0 Å². The minimum absolute atomic E-state index is 0.0344. The predicted octanol–water partition coefficient (Wildman–Crippen LogP) is 2.72. The summed E-state index contributed by atoms with van der Waals surface area (Å²) >= 11 is 0. The number of carbonyl (C=O) groups is 1. The van der Waals surface area contributed by atoms with E-state index in [-0.39, 0.29) is 32.1 Å². The Morgan fingerprint density at radius 2 is 1.72 bits per heavy atom. The molecule has 0 amide bonds. The smallest absolute Gasteiger partial charge is 0.391 e. The maximum Gasteiger partial charge on any atom is 0.391 e. The van der Waals surface area contributed by atoms with Gasteiger partial charge in [-0.05, 0) is 37.7 Å². The molecule has 0 saturated heterocycles. The van der Waals surface area contributed by atoms with Gasteiger partial charge in [0.05, 0.1) is 11.2 Å². The SMILES string of the molecule is O=C(O)[C@@H](Cc1ccccc1)NS(=O)(=O)C1CCC(C(F)(F)F)CC1. The van der Waals surface area contributed by atoms with Crippen molar-refractivity contribution in [2.24, 2.45) is 5.92 Å². The molecule has 0 aromatic heterocycles. The van der Waals surface area contributed by atoms with Crippen LogP contribution in [0.1, 0.15) is 31.2 Å². The molecule has 0 bridgehead atoms. The average Bonchev–Trinajstić information content (AvgIpc) is 2.54. The summed E-state index contributed by atoms with van der Waals surface area (Å²) in [5.74, 6) is -2.81. The Kier molecular flexibility index (Phi) is 6.10. The molecule has 2 N–H and O–H groups in total. The van der Waals surface area contributed by atoms with Gasteiger partial charge in [0, 0.05) is 0 Å². The standard InChI is InChI=1S/C16H20F3NO4S/c17-16(18,19)12-6-8-13(9-7-12)25(23,24)20-14(15(21)22)10-11-4-2-1-3-5-11/h1-5,12-14,20H,6-10H2,(H,21,22)/t12?,13?,14-/m1/s1. The van der Waals surface area contributed by atoms with E-state index in [1.807, 2.05) is 0 Å². The molecule has 9 heteroatoms. The maximum absolute atomic E-state index is 12.7. The minimum atomic E-state index is -4.32. The van der Waals surface area contributed by atoms with Crippen LogP contribution >= 0.6 is 0 Å². The van der Waals surface area contributed by atoms with Gasteiger partial charge in [0.2, 0.25) is 10.0 Å². The van der Waals surface area contributed by atoms with Gasteiger partial charge in [-0.25, -0.2) is 13.1 Å². The van der Waals surface area contributed by atoms with Crippen LogP contribution in [-0.2, 0) is 21.2 Å². The number of benzene rings is 1. The highest BCUT2D eigenvalue weighted by atomic mass is 32.2. The van der Waals surface area contributed by atoms with E-state index in [0.717, 1.165) is 0 Å². The van der Waals surface area contributed by atoms with E-state index in [4.69, 9.17) is 0 Å². The maximum atomic E-state index is 12.7. The molecule has 1 aliphatic rings. The van der Waals surface area contributed by atoms with Crippen molar-refractivity contribution in [3.8, 4) is 0 Å². The average molecular weight is 379 g/mol. The normalized spacial score (nSPS) is 23.2. The minimum Gasteiger partial charge on any atom is -0.480 e. The quantitative estimate of drug-likeness (QED) is 0.796. The van der Waals surface area contributed by atoms with Gasteiger partial charge in [-0.2, -0.15) is 13.2 Å². The highest BCUT2D eigenvalue weighted by molar-refractivity contribution is 7.90. The van der Waals surface area contributed by atoms with Crippen LogP contribution in [0, 0.1) is 5.92 Å². The van der Waals surface area contributed by atoms with Crippen molar-refractivity contribution in [2.45, 2.75) is 49.6 Å². The van der Waals surface area contributed by atoms with E-state index in [1.165, 1.54) is 0 Å². The molecular formula is C16H20F3NO4S. The lowest BCUT2D eigenvalue weighted by Crippen LogP contribution is -2.47. The van der Waals surface area contributed by atoms with Crippen molar-refractivity contribution in [3.05, 3.63) is 35.9 Å². The van der Waals surface area contributed by atoms with Gasteiger partial charge in [0.25, 0.3) is 0 Å². The Balaban J connectivity index is 2.02. The van der Waals surface area contributed by atoms with E-state index in [2.05, 4.69) is 4.72 Å². The molecule has 25 heavy (non-hydrogen) atoms. The molecule has 1 aromatic rings. The van der Waals surface area contributed by atoms with Gasteiger partial charge in [0.1, 0.15) is 6.04 Å². The van der Waals surface area contributed by atoms with Crippen LogP contribution in [0.4, 0.5) is 13.2 Å². The van der Waals surface area contributed by atoms with Crippen LogP contribution in [0.3, 0.4) is 0 Å². The zero-order chi connectivity index (χ0) is 18.7. The highest BCUT2D eigenvalue weighted by Crippen LogP contribution is 2.39. The van der Waals surface area contributed by atoms with Gasteiger partial charge in [-0.15, -0.1) is 0 Å². The Hall–Kier alpha value is -1.61. The fraction of sp³-hybridized carbons (Fsp3) is 0.562. The third-order valence-corrected chi connectivity index (χ3v) is 6.43. The van der Waals surface area contributed by atoms with E-state index in [0.29, 0.717) is 5.56 Å². The number of carboxylic acids is 1. The van der Waals surface area contributed by atoms with Crippen LogP contribution in [0.5, 0.6) is 0 Å². The van der Waals surface area contributed by atoms with E-state index in [9.17, 15) is 31.5 Å². The number of rotatable bonds is 6. The van der Waals surface area contributed by atoms with Crippen LogP contribution in [-0.4, -0.2) is 37.0 Å². The number of hydrogen-bond acceptors (Lipinski definition) is 3. The number of carboxylic acid groups (broad SMARTS) is 1. The second kappa shape index (κ2) is 7.74. The second-order valence-electron chi connectivity index (χ2n) is 6.26. The third kappa shape index (κ3) is 5.43. The topological polar surface area (TPSA) is 83.5 Å². The van der Waals surface area contributed by atoms with Gasteiger partial charge in [-0.3, -0.25) is 4.79 Å². The molecule has 140 valence electrons. The summed E-state index contributed by atoms with van der Waals surface area (Å²) in [6, 6.07) is 7.18. The lowest BCUT2D eigenvalue weighted by Gasteiger charge is -2.30. The molecular weight excluding hydrogens is 359 g/mol. The molecule has 1 atom stereocenters. The predicted molar refractivity (Wildman–Crippen MR) is 85.4 cm³/mol. The molecule has 0 spiro atoms. The first-order valence-electron chi connectivity index (χ1n) is 7.94. The number of nitrogens with one attached hydrogen (secondary N) is 1. The monoisotopic (exact) mass is 379 g/mol. The number of hydrogen-bond donors (Lipinski definition) is 2. The van der Waals surface area contributed by atoms with E-state index < -0.39 is 39.4 Å². The summed E-state index contributed by atoms with van der Waals surface area (Å²) in [6.45, 7) is 0. The Morgan fingerprint density at radius 1 is 1.16 bits per heavy atom. The third-order valence-electron chi connectivity index (χ3n) is 4.46. The zero-order valence-electron chi connectivity index (χ0n) is 13.4. The summed E-state index contributed by atoms with van der Waals surface area (Å²) in [7, 11) is -4.01. The van der Waals surface area contributed by atoms with Gasteiger partial charge in [0.15, 0.2) is 0 Å². The van der Waals surface area contributed by atoms with E-state index in [1.54, 1.807) is 30.3 Å². The number of alkyl halides is 3. The number of sulfonamides is 1. The molecule has 0 radical (unpaired) electrons. The summed E-state index contributed by atoms with van der Waals surface area (Å²) in [6.07, 6.45) is -5.13. The van der Waals surface area contributed by atoms with Crippen molar-refractivity contribution in [1.82, 2.24) is 4.72 Å².